The van der Waals surface area contributed by atoms with Crippen molar-refractivity contribution in [2.24, 2.45) is 10.4 Å². The van der Waals surface area contributed by atoms with Crippen LogP contribution in [0.15, 0.2) is 35.3 Å². The third-order valence-electron chi connectivity index (χ3n) is 5.03. The van der Waals surface area contributed by atoms with E-state index in [1.807, 2.05) is 19.1 Å². The van der Waals surface area contributed by atoms with Gasteiger partial charge >= 0.3 is 0 Å². The molecule has 26 heavy (non-hydrogen) atoms. The Balaban J connectivity index is 1.46. The van der Waals surface area contributed by atoms with E-state index in [0.29, 0.717) is 12.0 Å². The maximum atomic E-state index is 10.5. The van der Waals surface area contributed by atoms with Crippen LogP contribution in [0.25, 0.3) is 10.1 Å². The number of rotatable bonds is 9. The molecule has 142 valence electrons. The lowest BCUT2D eigenvalue weighted by Gasteiger charge is -2.19. The standard InChI is InChI=1S/C20H29N3O2S/c1-3-25-11-10-20(8-9-20)14-23-19(21-2)22-13-16(24)18-12-15-6-4-5-7-17(15)26-18/h4-7,12,16,24H,3,8-11,13-14H2,1-2H3,(H2,21,22,23). The molecule has 1 heterocycles. The summed E-state index contributed by atoms with van der Waals surface area (Å²) < 4.78 is 6.69. The molecule has 1 fully saturated rings. The number of nitrogens with one attached hydrogen (secondary N) is 2. The summed E-state index contributed by atoms with van der Waals surface area (Å²) in [4.78, 5) is 5.26. The van der Waals surface area contributed by atoms with Gasteiger partial charge in [-0.3, -0.25) is 4.99 Å². The summed E-state index contributed by atoms with van der Waals surface area (Å²) in [6, 6.07) is 10.3. The van der Waals surface area contributed by atoms with E-state index in [9.17, 15) is 5.11 Å². The molecule has 1 aliphatic rings. The molecule has 0 saturated heterocycles. The van der Waals surface area contributed by atoms with Gasteiger partial charge in [-0.05, 0) is 49.1 Å². The summed E-state index contributed by atoms with van der Waals surface area (Å²) in [6.45, 7) is 4.99. The average Bonchev–Trinajstić information content (AvgIpc) is 3.29. The first-order valence-electron chi connectivity index (χ1n) is 9.34. The number of aliphatic hydroxyl groups is 1. The van der Waals surface area contributed by atoms with Crippen molar-refractivity contribution in [2.75, 3.05) is 33.4 Å². The highest BCUT2D eigenvalue weighted by Gasteiger charge is 2.41. The third kappa shape index (κ3) is 4.96. The molecule has 5 nitrogen and oxygen atoms in total. The Kier molecular flexibility index (Phi) is 6.51. The summed E-state index contributed by atoms with van der Waals surface area (Å²) in [5, 5.41) is 18.3. The van der Waals surface area contributed by atoms with Crippen molar-refractivity contribution in [3.63, 3.8) is 0 Å². The number of hydrogen-bond donors (Lipinski definition) is 3. The molecule has 0 aliphatic heterocycles. The summed E-state index contributed by atoms with van der Waals surface area (Å²) in [5.74, 6) is 0.743. The van der Waals surface area contributed by atoms with Crippen molar-refractivity contribution >= 4 is 27.4 Å². The van der Waals surface area contributed by atoms with Gasteiger partial charge in [0.1, 0.15) is 6.10 Å². The smallest absolute Gasteiger partial charge is 0.191 e. The Hall–Kier alpha value is -1.63. The second-order valence-corrected chi connectivity index (χ2v) is 8.07. The zero-order chi connectivity index (χ0) is 18.4. The average molecular weight is 376 g/mol. The lowest BCUT2D eigenvalue weighted by molar-refractivity contribution is 0.128. The van der Waals surface area contributed by atoms with Crippen LogP contribution < -0.4 is 10.6 Å². The Morgan fingerprint density at radius 3 is 2.85 bits per heavy atom. The minimum absolute atomic E-state index is 0.358. The fourth-order valence-electron chi connectivity index (χ4n) is 3.08. The van der Waals surface area contributed by atoms with Gasteiger partial charge < -0.3 is 20.5 Å². The molecule has 0 bridgehead atoms. The van der Waals surface area contributed by atoms with Gasteiger partial charge in [-0.15, -0.1) is 11.3 Å². The Labute approximate surface area is 159 Å². The highest BCUT2D eigenvalue weighted by Crippen LogP contribution is 2.48. The second-order valence-electron chi connectivity index (χ2n) is 6.96. The zero-order valence-electron chi connectivity index (χ0n) is 15.6. The number of aliphatic hydroxyl groups excluding tert-OH is 1. The molecule has 0 radical (unpaired) electrons. The van der Waals surface area contributed by atoms with Crippen molar-refractivity contribution in [1.82, 2.24) is 10.6 Å². The van der Waals surface area contributed by atoms with Gasteiger partial charge in [0.05, 0.1) is 0 Å². The van der Waals surface area contributed by atoms with Gasteiger partial charge in [0.25, 0.3) is 0 Å². The highest BCUT2D eigenvalue weighted by atomic mass is 32.1. The number of benzene rings is 1. The molecule has 1 aliphatic carbocycles. The lowest BCUT2D eigenvalue weighted by atomic mass is 10.0. The first-order chi connectivity index (χ1) is 12.7. The number of ether oxygens (including phenoxy) is 1. The molecular formula is C20H29N3O2S. The van der Waals surface area contributed by atoms with Gasteiger partial charge in [-0.2, -0.15) is 0 Å². The van der Waals surface area contributed by atoms with Crippen LogP contribution in [0.4, 0.5) is 0 Å². The summed E-state index contributed by atoms with van der Waals surface area (Å²) in [5.41, 5.74) is 0.358. The van der Waals surface area contributed by atoms with Crippen molar-refractivity contribution in [3.05, 3.63) is 35.2 Å². The molecule has 1 unspecified atom stereocenters. The number of thiophene rings is 1. The van der Waals surface area contributed by atoms with Crippen LogP contribution in [-0.2, 0) is 4.74 Å². The van der Waals surface area contributed by atoms with E-state index in [-0.39, 0.29) is 0 Å². The predicted molar refractivity (Wildman–Crippen MR) is 109 cm³/mol. The molecule has 3 N–H and O–H groups in total. The maximum Gasteiger partial charge on any atom is 0.191 e. The molecule has 1 atom stereocenters. The molecule has 0 amide bonds. The van der Waals surface area contributed by atoms with Crippen LogP contribution >= 0.6 is 11.3 Å². The molecule has 1 saturated carbocycles. The molecule has 3 rings (SSSR count). The number of aliphatic imine (C=N–C) groups is 1. The number of guanidine groups is 1. The van der Waals surface area contributed by atoms with Crippen LogP contribution in [0.1, 0.15) is 37.2 Å². The molecular weight excluding hydrogens is 346 g/mol. The lowest BCUT2D eigenvalue weighted by Crippen LogP contribution is -2.42. The van der Waals surface area contributed by atoms with Gasteiger partial charge in [0.15, 0.2) is 5.96 Å². The zero-order valence-corrected chi connectivity index (χ0v) is 16.4. The van der Waals surface area contributed by atoms with E-state index in [1.165, 1.54) is 22.9 Å². The van der Waals surface area contributed by atoms with E-state index in [4.69, 9.17) is 4.74 Å². The van der Waals surface area contributed by atoms with Crippen LogP contribution in [0.2, 0.25) is 0 Å². The van der Waals surface area contributed by atoms with Gasteiger partial charge in [0, 0.05) is 42.9 Å². The Morgan fingerprint density at radius 2 is 2.15 bits per heavy atom. The van der Waals surface area contributed by atoms with Crippen molar-refractivity contribution in [1.29, 1.82) is 0 Å². The highest BCUT2D eigenvalue weighted by molar-refractivity contribution is 7.19. The molecule has 2 aromatic rings. The van der Waals surface area contributed by atoms with Crippen LogP contribution in [0.5, 0.6) is 0 Å². The monoisotopic (exact) mass is 375 g/mol. The summed E-state index contributed by atoms with van der Waals surface area (Å²) in [7, 11) is 1.76. The summed E-state index contributed by atoms with van der Waals surface area (Å²) in [6.07, 6.45) is 3.04. The molecule has 6 heteroatoms. The largest absolute Gasteiger partial charge is 0.386 e. The number of nitrogens with zero attached hydrogens (tertiary/aromatic N) is 1. The molecule has 1 aromatic heterocycles. The van der Waals surface area contributed by atoms with Crippen molar-refractivity contribution in [2.45, 2.75) is 32.3 Å². The Bertz CT molecular complexity index is 706. The van der Waals surface area contributed by atoms with Crippen molar-refractivity contribution < 1.29 is 9.84 Å². The van der Waals surface area contributed by atoms with E-state index in [2.05, 4.69) is 33.8 Å². The molecule has 0 spiro atoms. The minimum atomic E-state index is -0.543. The summed E-state index contributed by atoms with van der Waals surface area (Å²) >= 11 is 1.64. The number of fused-ring (bicyclic) bond motifs is 1. The van der Waals surface area contributed by atoms with Gasteiger partial charge in [-0.1, -0.05) is 18.2 Å². The maximum absolute atomic E-state index is 10.5. The first kappa shape index (κ1) is 19.1. The topological polar surface area (TPSA) is 65.9 Å². The predicted octanol–water partition coefficient (Wildman–Crippen LogP) is 3.31. The fraction of sp³-hybridized carbons (Fsp3) is 0.550. The second kappa shape index (κ2) is 8.84. The van der Waals surface area contributed by atoms with E-state index < -0.39 is 6.10 Å². The third-order valence-corrected chi connectivity index (χ3v) is 6.25. The van der Waals surface area contributed by atoms with Crippen LogP contribution in [-0.4, -0.2) is 44.4 Å². The minimum Gasteiger partial charge on any atom is -0.386 e. The van der Waals surface area contributed by atoms with E-state index >= 15 is 0 Å². The molecule has 1 aromatic carbocycles. The Morgan fingerprint density at radius 1 is 1.35 bits per heavy atom. The van der Waals surface area contributed by atoms with Crippen LogP contribution in [0.3, 0.4) is 0 Å². The van der Waals surface area contributed by atoms with Gasteiger partial charge in [0.2, 0.25) is 0 Å². The fourth-order valence-corrected chi connectivity index (χ4v) is 4.13. The SMILES string of the molecule is CCOCCC1(CNC(=NC)NCC(O)c2cc3ccccc3s2)CC1. The van der Waals surface area contributed by atoms with E-state index in [1.54, 1.807) is 18.4 Å². The quantitative estimate of drug-likeness (QED) is 0.357. The number of hydrogen-bond acceptors (Lipinski definition) is 4. The first-order valence-corrected chi connectivity index (χ1v) is 10.2. The van der Waals surface area contributed by atoms with Gasteiger partial charge in [-0.25, -0.2) is 0 Å². The van der Waals surface area contributed by atoms with Crippen LogP contribution in [0, 0.1) is 5.41 Å². The van der Waals surface area contributed by atoms with Crippen molar-refractivity contribution in [3.8, 4) is 0 Å². The van der Waals surface area contributed by atoms with E-state index in [0.717, 1.165) is 37.0 Å². The normalized spacial score (nSPS) is 17.3.